The molecule has 1 aromatic rings. The van der Waals surface area contributed by atoms with Gasteiger partial charge in [0.05, 0.1) is 0 Å². The van der Waals surface area contributed by atoms with Crippen LogP contribution in [0.3, 0.4) is 0 Å². The first kappa shape index (κ1) is 11.4. The Balaban J connectivity index is 1.96. The highest BCUT2D eigenvalue weighted by molar-refractivity contribution is 7.13. The van der Waals surface area contributed by atoms with E-state index in [2.05, 4.69) is 15.5 Å². The molecule has 1 aromatic heterocycles. The van der Waals surface area contributed by atoms with Crippen molar-refractivity contribution in [1.29, 1.82) is 0 Å². The van der Waals surface area contributed by atoms with Crippen LogP contribution in [0.2, 0.25) is 0 Å². The first-order chi connectivity index (χ1) is 7.60. The zero-order valence-electron chi connectivity index (χ0n) is 9.02. The maximum Gasteiger partial charge on any atom is 0.345 e. The van der Waals surface area contributed by atoms with E-state index in [1.54, 1.807) is 0 Å². The summed E-state index contributed by atoms with van der Waals surface area (Å²) in [6.45, 7) is 2.18. The Hall–Kier alpha value is -1.08. The minimum absolute atomic E-state index is 0.0558. The molecule has 0 bridgehead atoms. The molecule has 7 heteroatoms. The SMILES string of the molecule is CC(=O)NC1CC[N+](F)(c2nncs2)CC1. The van der Waals surface area contributed by atoms with E-state index in [0.29, 0.717) is 31.1 Å². The van der Waals surface area contributed by atoms with Crippen LogP contribution in [0.1, 0.15) is 19.8 Å². The van der Waals surface area contributed by atoms with Crippen molar-refractivity contribution in [2.75, 3.05) is 13.1 Å². The van der Waals surface area contributed by atoms with Crippen LogP contribution >= 0.6 is 11.3 Å². The van der Waals surface area contributed by atoms with Crippen LogP contribution in [0, 0.1) is 0 Å². The van der Waals surface area contributed by atoms with Gasteiger partial charge in [0, 0.05) is 30.3 Å². The second-order valence-electron chi connectivity index (χ2n) is 4.01. The Bertz CT molecular complexity index is 362. The van der Waals surface area contributed by atoms with Crippen molar-refractivity contribution in [2.45, 2.75) is 25.8 Å². The fraction of sp³-hybridized carbons (Fsp3) is 0.667. The number of hydrogen-bond donors (Lipinski definition) is 1. The van der Waals surface area contributed by atoms with Crippen LogP contribution in [-0.2, 0) is 4.79 Å². The molecule has 0 atom stereocenters. The van der Waals surface area contributed by atoms with Crippen molar-refractivity contribution in [1.82, 2.24) is 20.2 Å². The molecule has 88 valence electrons. The third kappa shape index (κ3) is 2.35. The van der Waals surface area contributed by atoms with E-state index in [1.165, 1.54) is 23.8 Å². The van der Waals surface area contributed by atoms with Crippen LogP contribution in [0.4, 0.5) is 9.61 Å². The van der Waals surface area contributed by atoms with Gasteiger partial charge in [-0.15, -0.1) is 5.10 Å². The Morgan fingerprint density at radius 3 is 2.81 bits per heavy atom. The number of nitrogens with zero attached hydrogens (tertiary/aromatic N) is 3. The number of quaternary nitrogens is 1. The molecule has 0 saturated carbocycles. The molecule has 2 rings (SSSR count). The summed E-state index contributed by atoms with van der Waals surface area (Å²) in [5.41, 5.74) is 1.54. The van der Waals surface area contributed by atoms with E-state index in [0.717, 1.165) is 0 Å². The third-order valence-electron chi connectivity index (χ3n) is 2.76. The van der Waals surface area contributed by atoms with Gasteiger partial charge >= 0.3 is 5.13 Å². The van der Waals surface area contributed by atoms with Crippen LogP contribution in [-0.4, -0.2) is 35.2 Å². The molecule has 0 spiro atoms. The van der Waals surface area contributed by atoms with E-state index >= 15 is 0 Å². The van der Waals surface area contributed by atoms with Gasteiger partial charge in [-0.25, -0.2) is 0 Å². The Morgan fingerprint density at radius 2 is 2.31 bits per heavy atom. The number of carbonyl (C=O) groups is 1. The topological polar surface area (TPSA) is 54.9 Å². The van der Waals surface area contributed by atoms with Gasteiger partial charge in [0.1, 0.15) is 18.6 Å². The van der Waals surface area contributed by atoms with Gasteiger partial charge in [0.15, 0.2) is 0 Å². The highest BCUT2D eigenvalue weighted by atomic mass is 32.1. The summed E-state index contributed by atoms with van der Waals surface area (Å²) in [5, 5.41) is 10.6. The number of nitrogens with one attached hydrogen (secondary N) is 1. The number of amides is 1. The molecule has 5 nitrogen and oxygen atoms in total. The van der Waals surface area contributed by atoms with E-state index in [9.17, 15) is 9.28 Å². The first-order valence-corrected chi connectivity index (χ1v) is 6.09. The van der Waals surface area contributed by atoms with Crippen molar-refractivity contribution in [2.24, 2.45) is 0 Å². The zero-order chi connectivity index (χ0) is 11.6. The highest BCUT2D eigenvalue weighted by Gasteiger charge is 2.40. The van der Waals surface area contributed by atoms with E-state index in [1.807, 2.05) is 0 Å². The summed E-state index contributed by atoms with van der Waals surface area (Å²) in [4.78, 5) is 10.9. The van der Waals surface area contributed by atoms with Gasteiger partial charge in [-0.3, -0.25) is 4.79 Å². The highest BCUT2D eigenvalue weighted by Crippen LogP contribution is 2.30. The second-order valence-corrected chi connectivity index (χ2v) is 4.82. The summed E-state index contributed by atoms with van der Waals surface area (Å²) in [6.07, 6.45) is 1.27. The number of piperidine rings is 1. The smallest absolute Gasteiger partial charge is 0.345 e. The van der Waals surface area contributed by atoms with Crippen molar-refractivity contribution >= 4 is 22.4 Å². The lowest BCUT2D eigenvalue weighted by Crippen LogP contribution is -2.52. The number of carbonyl (C=O) groups excluding carboxylic acids is 1. The van der Waals surface area contributed by atoms with Crippen LogP contribution in [0.5, 0.6) is 0 Å². The van der Waals surface area contributed by atoms with Gasteiger partial charge in [-0.2, -0.15) is 0 Å². The molecule has 1 amide bonds. The first-order valence-electron chi connectivity index (χ1n) is 5.21. The van der Waals surface area contributed by atoms with E-state index in [-0.39, 0.29) is 11.9 Å². The number of rotatable bonds is 2. The number of aromatic nitrogens is 2. The molecular formula is C9H14FN4OS+. The molecule has 1 fully saturated rings. The largest absolute Gasteiger partial charge is 0.353 e. The summed E-state index contributed by atoms with van der Waals surface area (Å²) in [7, 11) is 0. The lowest BCUT2D eigenvalue weighted by atomic mass is 10.1. The maximum atomic E-state index is 14.4. The van der Waals surface area contributed by atoms with Crippen LogP contribution < -0.4 is 10.0 Å². The fourth-order valence-electron chi connectivity index (χ4n) is 1.94. The predicted octanol–water partition coefficient (Wildman–Crippen LogP) is 1.03. The predicted molar refractivity (Wildman–Crippen MR) is 59.4 cm³/mol. The Labute approximate surface area is 96.8 Å². The number of hydrogen-bond acceptors (Lipinski definition) is 4. The average Bonchev–Trinajstić information content (AvgIpc) is 2.75. The normalized spacial score (nSPS) is 30.0. The van der Waals surface area contributed by atoms with Gasteiger partial charge < -0.3 is 5.32 Å². The van der Waals surface area contributed by atoms with E-state index in [4.69, 9.17) is 0 Å². The Morgan fingerprint density at radius 1 is 1.62 bits per heavy atom. The zero-order valence-corrected chi connectivity index (χ0v) is 9.84. The summed E-state index contributed by atoms with van der Waals surface area (Å²) < 4.78 is 13.7. The minimum atomic E-state index is -0.652. The van der Waals surface area contributed by atoms with Crippen LogP contribution in [0.15, 0.2) is 5.51 Å². The molecule has 16 heavy (non-hydrogen) atoms. The standard InChI is InChI=1S/C9H13FN4OS/c1-7(15)12-8-2-4-14(10,5-3-8)9-13-11-6-16-9/h6,8H,2-5H2,1H3/p+1. The van der Waals surface area contributed by atoms with Gasteiger partial charge in [0.25, 0.3) is 0 Å². The van der Waals surface area contributed by atoms with Crippen molar-refractivity contribution < 1.29 is 9.28 Å². The lowest BCUT2D eigenvalue weighted by Gasteiger charge is -2.31. The summed E-state index contributed by atoms with van der Waals surface area (Å²) in [5.74, 6) is -0.0558. The van der Waals surface area contributed by atoms with Crippen LogP contribution in [0.25, 0.3) is 0 Å². The molecule has 0 radical (unpaired) electrons. The van der Waals surface area contributed by atoms with Gasteiger partial charge in [-0.1, -0.05) is 9.80 Å². The molecule has 1 aliphatic heterocycles. The quantitative estimate of drug-likeness (QED) is 0.792. The molecule has 0 aromatic carbocycles. The van der Waals surface area contributed by atoms with Crippen molar-refractivity contribution in [3.8, 4) is 0 Å². The van der Waals surface area contributed by atoms with E-state index < -0.39 is 4.71 Å². The second kappa shape index (κ2) is 4.42. The minimum Gasteiger partial charge on any atom is -0.353 e. The van der Waals surface area contributed by atoms with Gasteiger partial charge in [0.2, 0.25) is 5.91 Å². The monoisotopic (exact) mass is 245 g/mol. The molecule has 1 saturated heterocycles. The molecular weight excluding hydrogens is 231 g/mol. The summed E-state index contributed by atoms with van der Waals surface area (Å²) in [6, 6.07) is 0.0902. The lowest BCUT2D eigenvalue weighted by molar-refractivity contribution is -0.120. The molecule has 1 N–H and O–H groups in total. The third-order valence-corrected chi connectivity index (χ3v) is 3.58. The van der Waals surface area contributed by atoms with Crippen molar-refractivity contribution in [3.05, 3.63) is 5.51 Å². The average molecular weight is 245 g/mol. The molecule has 1 aliphatic rings. The molecule has 0 aliphatic carbocycles. The van der Waals surface area contributed by atoms with Gasteiger partial charge in [-0.05, 0) is 11.3 Å². The van der Waals surface area contributed by atoms with Crippen molar-refractivity contribution in [3.63, 3.8) is 0 Å². The fourth-order valence-corrected chi connectivity index (χ4v) is 2.60. The number of halogens is 1. The molecule has 2 heterocycles. The summed E-state index contributed by atoms with van der Waals surface area (Å²) >= 11 is 1.23. The molecule has 0 unspecified atom stereocenters. The Kier molecular flexibility index (Phi) is 3.15. The maximum absolute atomic E-state index is 14.4.